The molecule has 0 saturated carbocycles. The lowest BCUT2D eigenvalue weighted by Crippen LogP contribution is -2.08. The molecule has 4 aromatic carbocycles. The van der Waals surface area contributed by atoms with Gasteiger partial charge in [-0.2, -0.15) is 5.10 Å². The van der Waals surface area contributed by atoms with Crippen molar-refractivity contribution in [2.75, 3.05) is 5.32 Å². The molecule has 6 heteroatoms. The highest BCUT2D eigenvalue weighted by Crippen LogP contribution is 2.28. The molecule has 1 amide bonds. The molecular weight excluding hydrogens is 462 g/mol. The normalized spacial score (nSPS) is 10.9. The summed E-state index contributed by atoms with van der Waals surface area (Å²) in [5.41, 5.74) is 6.28. The molecular formula is C31H23N3O3. The lowest BCUT2D eigenvalue weighted by molar-refractivity contribution is -0.111. The van der Waals surface area contributed by atoms with Crippen LogP contribution in [0.3, 0.4) is 0 Å². The summed E-state index contributed by atoms with van der Waals surface area (Å²) < 4.78 is 1.79. The van der Waals surface area contributed by atoms with E-state index in [9.17, 15) is 9.59 Å². The molecule has 2 N–H and O–H groups in total. The molecule has 0 bridgehead atoms. The van der Waals surface area contributed by atoms with Crippen LogP contribution in [0.5, 0.6) is 0 Å². The van der Waals surface area contributed by atoms with Gasteiger partial charge in [0.2, 0.25) is 5.91 Å². The van der Waals surface area contributed by atoms with Gasteiger partial charge in [-0.25, -0.2) is 9.48 Å². The third-order valence-corrected chi connectivity index (χ3v) is 5.84. The largest absolute Gasteiger partial charge is 0.478 e. The Labute approximate surface area is 214 Å². The topological polar surface area (TPSA) is 84.2 Å². The van der Waals surface area contributed by atoms with Crippen molar-refractivity contribution in [3.8, 4) is 28.1 Å². The minimum absolute atomic E-state index is 0.157. The smallest absolute Gasteiger partial charge is 0.335 e. The van der Waals surface area contributed by atoms with Crippen LogP contribution in [0.25, 0.3) is 34.1 Å². The number of hydrogen-bond donors (Lipinski definition) is 2. The summed E-state index contributed by atoms with van der Waals surface area (Å²) in [6.07, 6.45) is 5.06. The SMILES string of the molecule is O=C(C=Cc1cn(-c2ccccc2)nc1-c1ccc(-c2ccccc2)cc1)Nc1ccc(C(=O)O)cc1. The number of carboxylic acids is 1. The molecule has 1 heterocycles. The molecule has 5 rings (SSSR count). The fraction of sp³-hybridized carbons (Fsp3) is 0. The number of aromatic carboxylic acids is 1. The monoisotopic (exact) mass is 485 g/mol. The summed E-state index contributed by atoms with van der Waals surface area (Å²) in [7, 11) is 0. The van der Waals surface area contributed by atoms with Crippen molar-refractivity contribution in [1.29, 1.82) is 0 Å². The predicted molar refractivity (Wildman–Crippen MR) is 146 cm³/mol. The van der Waals surface area contributed by atoms with Crippen LogP contribution in [0.2, 0.25) is 0 Å². The van der Waals surface area contributed by atoms with E-state index in [4.69, 9.17) is 10.2 Å². The Bertz CT molecular complexity index is 1550. The average molecular weight is 486 g/mol. The number of carbonyl (C=O) groups excluding carboxylic acids is 1. The van der Waals surface area contributed by atoms with Crippen molar-refractivity contribution in [2.24, 2.45) is 0 Å². The number of nitrogens with zero attached hydrogens (tertiary/aromatic N) is 2. The van der Waals surface area contributed by atoms with Crippen molar-refractivity contribution in [3.63, 3.8) is 0 Å². The molecule has 180 valence electrons. The van der Waals surface area contributed by atoms with Gasteiger partial charge in [-0.15, -0.1) is 0 Å². The number of carboxylic acid groups (broad SMARTS) is 1. The Morgan fingerprint density at radius 3 is 1.97 bits per heavy atom. The Balaban J connectivity index is 1.42. The van der Waals surface area contributed by atoms with E-state index in [1.54, 1.807) is 22.9 Å². The van der Waals surface area contributed by atoms with Gasteiger partial charge in [-0.05, 0) is 53.6 Å². The number of benzene rings is 4. The maximum Gasteiger partial charge on any atom is 0.335 e. The maximum atomic E-state index is 12.6. The summed E-state index contributed by atoms with van der Waals surface area (Å²) in [4.78, 5) is 23.6. The number of para-hydroxylation sites is 1. The van der Waals surface area contributed by atoms with E-state index in [1.165, 1.54) is 18.2 Å². The van der Waals surface area contributed by atoms with E-state index in [0.717, 1.165) is 33.6 Å². The first-order valence-electron chi connectivity index (χ1n) is 11.7. The average Bonchev–Trinajstić information content (AvgIpc) is 3.38. The lowest BCUT2D eigenvalue weighted by Gasteiger charge is -2.04. The van der Waals surface area contributed by atoms with Gasteiger partial charge in [0.1, 0.15) is 0 Å². The molecule has 0 atom stereocenters. The molecule has 0 spiro atoms. The zero-order valence-corrected chi connectivity index (χ0v) is 19.8. The quantitative estimate of drug-likeness (QED) is 0.256. The van der Waals surface area contributed by atoms with Gasteiger partial charge in [0, 0.05) is 29.1 Å². The Kier molecular flexibility index (Phi) is 6.72. The highest BCUT2D eigenvalue weighted by molar-refractivity contribution is 6.02. The number of aromatic nitrogens is 2. The molecule has 0 radical (unpaired) electrons. The van der Waals surface area contributed by atoms with Crippen LogP contribution in [0.1, 0.15) is 15.9 Å². The molecule has 37 heavy (non-hydrogen) atoms. The fourth-order valence-electron chi connectivity index (χ4n) is 3.94. The summed E-state index contributed by atoms with van der Waals surface area (Å²) in [5.74, 6) is -1.35. The molecule has 6 nitrogen and oxygen atoms in total. The summed E-state index contributed by atoms with van der Waals surface area (Å²) >= 11 is 0. The van der Waals surface area contributed by atoms with E-state index >= 15 is 0 Å². The van der Waals surface area contributed by atoms with Gasteiger partial charge in [-0.3, -0.25) is 4.79 Å². The summed E-state index contributed by atoms with van der Waals surface area (Å²) in [5, 5.41) is 16.6. The lowest BCUT2D eigenvalue weighted by atomic mass is 10.0. The minimum Gasteiger partial charge on any atom is -0.478 e. The Morgan fingerprint density at radius 1 is 0.730 bits per heavy atom. The highest BCUT2D eigenvalue weighted by atomic mass is 16.4. The second-order valence-corrected chi connectivity index (χ2v) is 8.36. The predicted octanol–water partition coefficient (Wildman–Crippen LogP) is 6.56. The van der Waals surface area contributed by atoms with Gasteiger partial charge in [0.05, 0.1) is 16.9 Å². The van der Waals surface area contributed by atoms with Crippen molar-refractivity contribution < 1.29 is 14.7 Å². The number of hydrogen-bond acceptors (Lipinski definition) is 3. The van der Waals surface area contributed by atoms with Crippen LogP contribution in [0, 0.1) is 0 Å². The number of amides is 1. The van der Waals surface area contributed by atoms with Crippen molar-refractivity contribution in [1.82, 2.24) is 9.78 Å². The van der Waals surface area contributed by atoms with E-state index in [0.29, 0.717) is 5.69 Å². The first-order valence-corrected chi connectivity index (χ1v) is 11.7. The molecule has 0 aliphatic heterocycles. The Hall–Kier alpha value is -5.23. The highest BCUT2D eigenvalue weighted by Gasteiger charge is 2.12. The molecule has 0 aliphatic carbocycles. The van der Waals surface area contributed by atoms with Crippen LogP contribution in [0.4, 0.5) is 5.69 Å². The van der Waals surface area contributed by atoms with E-state index in [2.05, 4.69) is 29.6 Å². The van der Waals surface area contributed by atoms with Gasteiger partial charge in [-0.1, -0.05) is 72.8 Å². The zero-order valence-electron chi connectivity index (χ0n) is 19.8. The molecule has 0 aliphatic rings. The standard InChI is InChI=1S/C31H23N3O3/c35-29(32-27-18-15-25(16-19-27)31(36)37)20-17-26-21-34(28-9-5-2-6-10-28)33-30(26)24-13-11-23(12-14-24)22-7-3-1-4-8-22/h1-21H,(H,32,35)(H,36,37). The van der Waals surface area contributed by atoms with Crippen molar-refractivity contribution >= 4 is 23.6 Å². The molecule has 1 aromatic heterocycles. The minimum atomic E-state index is -1.02. The zero-order chi connectivity index (χ0) is 25.6. The first-order chi connectivity index (χ1) is 18.1. The van der Waals surface area contributed by atoms with E-state index in [1.807, 2.05) is 66.9 Å². The van der Waals surface area contributed by atoms with Crippen LogP contribution >= 0.6 is 0 Å². The number of nitrogens with one attached hydrogen (secondary N) is 1. The fourth-order valence-corrected chi connectivity index (χ4v) is 3.94. The van der Waals surface area contributed by atoms with Gasteiger partial charge >= 0.3 is 5.97 Å². The third-order valence-electron chi connectivity index (χ3n) is 5.84. The van der Waals surface area contributed by atoms with Crippen LogP contribution in [-0.2, 0) is 4.79 Å². The molecule has 0 saturated heterocycles. The second kappa shape index (κ2) is 10.6. The van der Waals surface area contributed by atoms with Crippen LogP contribution in [-0.4, -0.2) is 26.8 Å². The summed E-state index contributed by atoms with van der Waals surface area (Å²) in [6, 6.07) is 34.1. The molecule has 0 fully saturated rings. The van der Waals surface area contributed by atoms with E-state index < -0.39 is 5.97 Å². The molecule has 0 unspecified atom stereocenters. The van der Waals surface area contributed by atoms with Crippen LogP contribution in [0.15, 0.2) is 121 Å². The number of anilines is 1. The first kappa shape index (κ1) is 23.5. The van der Waals surface area contributed by atoms with Crippen LogP contribution < -0.4 is 5.32 Å². The van der Waals surface area contributed by atoms with Crippen molar-refractivity contribution in [2.45, 2.75) is 0 Å². The number of carbonyl (C=O) groups is 2. The van der Waals surface area contributed by atoms with Crippen molar-refractivity contribution in [3.05, 3.63) is 133 Å². The number of rotatable bonds is 7. The Morgan fingerprint density at radius 2 is 1.32 bits per heavy atom. The second-order valence-electron chi connectivity index (χ2n) is 8.36. The van der Waals surface area contributed by atoms with Gasteiger partial charge < -0.3 is 10.4 Å². The van der Waals surface area contributed by atoms with E-state index in [-0.39, 0.29) is 11.5 Å². The maximum absolute atomic E-state index is 12.6. The molecule has 5 aromatic rings. The van der Waals surface area contributed by atoms with Gasteiger partial charge in [0.15, 0.2) is 0 Å². The summed E-state index contributed by atoms with van der Waals surface area (Å²) in [6.45, 7) is 0. The van der Waals surface area contributed by atoms with Gasteiger partial charge in [0.25, 0.3) is 0 Å². The third kappa shape index (κ3) is 5.55.